The van der Waals surface area contributed by atoms with E-state index in [9.17, 15) is 35.1 Å². The van der Waals surface area contributed by atoms with Gasteiger partial charge in [0, 0.05) is 6.08 Å². The Hall–Kier alpha value is -3.37. The lowest BCUT2D eigenvalue weighted by atomic mass is 10.1. The van der Waals surface area contributed by atoms with Crippen LogP contribution in [-0.4, -0.2) is 20.7 Å². The number of carbonyl (C=O) groups is 1. The number of benzene rings is 1. The van der Waals surface area contributed by atoms with Gasteiger partial charge < -0.3 is 4.74 Å². The molecule has 0 heterocycles. The summed E-state index contributed by atoms with van der Waals surface area (Å²) in [6.45, 7) is 2.31. The smallest absolute Gasteiger partial charge is 0.330 e. The van der Waals surface area contributed by atoms with Crippen LogP contribution in [0, 0.1) is 30.3 Å². The van der Waals surface area contributed by atoms with Gasteiger partial charge in [-0.25, -0.2) is 4.79 Å². The molecule has 0 aliphatic heterocycles. The minimum absolute atomic E-state index is 0.550. The van der Waals surface area contributed by atoms with Gasteiger partial charge in [-0.3, -0.25) is 30.3 Å². The molecule has 0 unspecified atom stereocenters. The number of nitro benzene ring substituents is 3. The topological polar surface area (TPSA) is 156 Å². The van der Waals surface area contributed by atoms with Crippen molar-refractivity contribution in [3.05, 3.63) is 60.7 Å². The van der Waals surface area contributed by atoms with Crippen molar-refractivity contribution < 1.29 is 24.3 Å². The molecule has 1 rings (SSSR count). The van der Waals surface area contributed by atoms with Crippen LogP contribution < -0.4 is 0 Å². The zero-order chi connectivity index (χ0) is 16.2. The summed E-state index contributed by atoms with van der Waals surface area (Å²) >= 11 is 0. The number of hydrogen-bond acceptors (Lipinski definition) is 8. The van der Waals surface area contributed by atoms with Crippen LogP contribution >= 0.6 is 0 Å². The maximum Gasteiger partial charge on any atom is 0.330 e. The largest absolute Gasteiger partial charge is 0.457 e. The molecule has 11 heteroatoms. The molecule has 0 bridgehead atoms. The number of non-ortho nitro benzene ring substituents is 1. The van der Waals surface area contributed by atoms with Crippen molar-refractivity contribution in [1.29, 1.82) is 0 Å². The van der Waals surface area contributed by atoms with Crippen LogP contribution in [0.2, 0.25) is 0 Å². The molecular formula is C10H7N3O8. The van der Waals surface area contributed by atoms with Crippen molar-refractivity contribution in [3.8, 4) is 0 Å². The number of hydrogen-bond donors (Lipinski definition) is 0. The Morgan fingerprint density at radius 3 is 1.90 bits per heavy atom. The van der Waals surface area contributed by atoms with Crippen LogP contribution in [0.25, 0.3) is 0 Å². The van der Waals surface area contributed by atoms with Gasteiger partial charge in [-0.2, -0.15) is 0 Å². The highest BCUT2D eigenvalue weighted by molar-refractivity contribution is 5.81. The number of ether oxygens (including phenoxy) is 1. The first kappa shape index (κ1) is 15.7. The van der Waals surface area contributed by atoms with E-state index in [-0.39, 0.29) is 0 Å². The first-order valence-electron chi connectivity index (χ1n) is 5.17. The monoisotopic (exact) mass is 297 g/mol. The van der Waals surface area contributed by atoms with E-state index < -0.39 is 50.0 Å². The molecular weight excluding hydrogens is 290 g/mol. The fraction of sp³-hybridized carbons (Fsp3) is 0.100. The Bertz CT molecular complexity index is 619. The Morgan fingerprint density at radius 1 is 1.10 bits per heavy atom. The number of nitro groups is 3. The molecule has 110 valence electrons. The first-order valence-corrected chi connectivity index (χ1v) is 5.17. The quantitative estimate of drug-likeness (QED) is 0.332. The lowest BCUT2D eigenvalue weighted by Crippen LogP contribution is -2.07. The second kappa shape index (κ2) is 6.18. The highest BCUT2D eigenvalue weighted by Crippen LogP contribution is 2.34. The van der Waals surface area contributed by atoms with Crippen molar-refractivity contribution >= 4 is 23.0 Å². The molecule has 1 aromatic rings. The third kappa shape index (κ3) is 3.56. The zero-order valence-corrected chi connectivity index (χ0v) is 10.3. The lowest BCUT2D eigenvalue weighted by molar-refractivity contribution is -0.404. The molecule has 0 spiro atoms. The van der Waals surface area contributed by atoms with E-state index in [4.69, 9.17) is 0 Å². The fourth-order valence-corrected chi connectivity index (χ4v) is 1.41. The van der Waals surface area contributed by atoms with Gasteiger partial charge in [0.1, 0.15) is 12.2 Å². The Morgan fingerprint density at radius 2 is 1.57 bits per heavy atom. The summed E-state index contributed by atoms with van der Waals surface area (Å²) in [7, 11) is 0. The van der Waals surface area contributed by atoms with Crippen molar-refractivity contribution in [2.75, 3.05) is 0 Å². The molecule has 0 saturated carbocycles. The molecule has 21 heavy (non-hydrogen) atoms. The SMILES string of the molecule is C=CC(=O)OCc1c([N+](=O)[O-])cc([N+](=O)[O-])cc1[N+](=O)[O-]. The van der Waals surface area contributed by atoms with Crippen LogP contribution in [0.1, 0.15) is 5.56 Å². The summed E-state index contributed by atoms with van der Waals surface area (Å²) in [6, 6.07) is 1.12. The van der Waals surface area contributed by atoms with Gasteiger partial charge in [0.15, 0.2) is 0 Å². The van der Waals surface area contributed by atoms with Gasteiger partial charge in [-0.05, 0) is 0 Å². The first-order chi connectivity index (χ1) is 9.77. The number of esters is 1. The van der Waals surface area contributed by atoms with Crippen LogP contribution in [-0.2, 0) is 16.1 Å². The van der Waals surface area contributed by atoms with Crippen LogP contribution in [0.15, 0.2) is 24.8 Å². The van der Waals surface area contributed by atoms with Crippen molar-refractivity contribution in [1.82, 2.24) is 0 Å². The summed E-state index contributed by atoms with van der Waals surface area (Å²) in [5.74, 6) is -0.947. The van der Waals surface area contributed by atoms with Gasteiger partial charge in [0.25, 0.3) is 17.1 Å². The average molecular weight is 297 g/mol. The normalized spacial score (nSPS) is 9.71. The predicted molar refractivity (Wildman–Crippen MR) is 66.4 cm³/mol. The molecule has 11 nitrogen and oxygen atoms in total. The zero-order valence-electron chi connectivity index (χ0n) is 10.3. The molecule has 1 aromatic carbocycles. The minimum Gasteiger partial charge on any atom is -0.457 e. The molecule has 0 amide bonds. The number of carbonyl (C=O) groups excluding carboxylic acids is 1. The van der Waals surface area contributed by atoms with Crippen molar-refractivity contribution in [3.63, 3.8) is 0 Å². The highest BCUT2D eigenvalue weighted by Gasteiger charge is 2.30. The average Bonchev–Trinajstić information content (AvgIpc) is 2.43. The van der Waals surface area contributed by atoms with Crippen LogP contribution in [0.5, 0.6) is 0 Å². The van der Waals surface area contributed by atoms with Gasteiger partial charge >= 0.3 is 5.97 Å². The molecule has 0 aromatic heterocycles. The number of rotatable bonds is 6. The fourth-order valence-electron chi connectivity index (χ4n) is 1.41. The van der Waals surface area contributed by atoms with Crippen LogP contribution in [0.3, 0.4) is 0 Å². The predicted octanol–water partition coefficient (Wildman–Crippen LogP) is 1.64. The van der Waals surface area contributed by atoms with Crippen molar-refractivity contribution in [2.24, 2.45) is 0 Å². The molecule has 0 saturated heterocycles. The number of nitrogens with zero attached hydrogens (tertiary/aromatic N) is 3. The molecule has 0 N–H and O–H groups in total. The Balaban J connectivity index is 3.45. The summed E-state index contributed by atoms with van der Waals surface area (Å²) in [4.78, 5) is 40.3. The molecule has 0 aliphatic rings. The van der Waals surface area contributed by atoms with Gasteiger partial charge in [-0.15, -0.1) is 0 Å². The van der Waals surface area contributed by atoms with Gasteiger partial charge in [0.05, 0.1) is 26.9 Å². The van der Waals surface area contributed by atoms with E-state index >= 15 is 0 Å². The minimum atomic E-state index is -1.03. The van der Waals surface area contributed by atoms with E-state index in [1.165, 1.54) is 0 Å². The third-order valence-corrected chi connectivity index (χ3v) is 2.32. The summed E-state index contributed by atoms with van der Waals surface area (Å²) in [5.41, 5.74) is -3.13. The van der Waals surface area contributed by atoms with Gasteiger partial charge in [0.2, 0.25) is 0 Å². The van der Waals surface area contributed by atoms with E-state index in [1.54, 1.807) is 0 Å². The van der Waals surface area contributed by atoms with E-state index in [0.29, 0.717) is 12.1 Å². The third-order valence-electron chi connectivity index (χ3n) is 2.32. The Kier molecular flexibility index (Phi) is 4.62. The summed E-state index contributed by atoms with van der Waals surface area (Å²) in [6.07, 6.45) is 0.767. The second-order valence-electron chi connectivity index (χ2n) is 3.55. The standard InChI is InChI=1S/C10H7N3O8/c1-2-10(14)21-5-7-8(12(17)18)3-6(11(15)16)4-9(7)13(19)20/h2-4H,1,5H2. The molecule has 0 atom stereocenters. The van der Waals surface area contributed by atoms with Gasteiger partial charge in [-0.1, -0.05) is 6.58 Å². The van der Waals surface area contributed by atoms with E-state index in [2.05, 4.69) is 11.3 Å². The summed E-state index contributed by atoms with van der Waals surface area (Å²) in [5, 5.41) is 32.4. The molecule has 0 radical (unpaired) electrons. The highest BCUT2D eigenvalue weighted by atomic mass is 16.6. The van der Waals surface area contributed by atoms with Crippen molar-refractivity contribution in [2.45, 2.75) is 6.61 Å². The molecule has 0 fully saturated rings. The Labute approximate surface area is 115 Å². The maximum absolute atomic E-state index is 10.9. The van der Waals surface area contributed by atoms with Crippen LogP contribution in [0.4, 0.5) is 17.1 Å². The van der Waals surface area contributed by atoms with E-state index in [0.717, 1.165) is 6.08 Å². The lowest BCUT2D eigenvalue weighted by Gasteiger charge is -2.05. The second-order valence-corrected chi connectivity index (χ2v) is 3.55. The summed E-state index contributed by atoms with van der Waals surface area (Å²) < 4.78 is 4.52. The maximum atomic E-state index is 10.9. The molecule has 0 aliphatic carbocycles. The van der Waals surface area contributed by atoms with E-state index in [1.807, 2.05) is 0 Å².